The van der Waals surface area contributed by atoms with Crippen LogP contribution in [0.3, 0.4) is 0 Å². The average molecular weight is 274 g/mol. The number of esters is 1. The molecule has 1 saturated heterocycles. The van der Waals surface area contributed by atoms with Crippen molar-refractivity contribution >= 4 is 16.9 Å². The molecule has 0 spiro atoms. The number of carbonyl (C=O) groups is 1. The molecule has 0 radical (unpaired) electrons. The summed E-state index contributed by atoms with van der Waals surface area (Å²) in [4.78, 5) is 12.0. The Morgan fingerprint density at radius 3 is 3.00 bits per heavy atom. The maximum absolute atomic E-state index is 12.0. The monoisotopic (exact) mass is 274 g/mol. The topological polar surface area (TPSA) is 56.6 Å². The summed E-state index contributed by atoms with van der Waals surface area (Å²) < 4.78 is 12.3. The minimum absolute atomic E-state index is 0.323. The van der Waals surface area contributed by atoms with Crippen molar-refractivity contribution in [1.82, 2.24) is 9.78 Å². The van der Waals surface area contributed by atoms with Crippen LogP contribution in [-0.4, -0.2) is 35.1 Å². The minimum Gasteiger partial charge on any atom is -0.461 e. The highest BCUT2D eigenvalue weighted by molar-refractivity contribution is 6.02. The van der Waals surface area contributed by atoms with Gasteiger partial charge in [-0.3, -0.25) is 4.68 Å². The van der Waals surface area contributed by atoms with Crippen LogP contribution in [0.4, 0.5) is 0 Å². The lowest BCUT2D eigenvalue weighted by atomic mass is 10.1. The van der Waals surface area contributed by atoms with Gasteiger partial charge in [0.05, 0.1) is 24.8 Å². The van der Waals surface area contributed by atoms with Crippen molar-refractivity contribution in [3.8, 4) is 0 Å². The first kappa shape index (κ1) is 13.1. The van der Waals surface area contributed by atoms with Crippen molar-refractivity contribution in [2.75, 3.05) is 13.2 Å². The molecule has 2 aromatic rings. The maximum atomic E-state index is 12.0. The first-order valence-corrected chi connectivity index (χ1v) is 6.95. The molecule has 20 heavy (non-hydrogen) atoms. The zero-order valence-corrected chi connectivity index (χ0v) is 11.7. The molecule has 0 amide bonds. The minimum atomic E-state index is -0.363. The van der Waals surface area contributed by atoms with Gasteiger partial charge in [-0.05, 0) is 13.0 Å². The van der Waals surface area contributed by atoms with E-state index in [-0.39, 0.29) is 5.97 Å². The fraction of sp³-hybridized carbons (Fsp3) is 0.467. The molecule has 0 bridgehead atoms. The van der Waals surface area contributed by atoms with E-state index in [4.69, 9.17) is 9.47 Å². The number of nitrogens with zero attached hydrogens (tertiary/aromatic N) is 2. The van der Waals surface area contributed by atoms with E-state index < -0.39 is 0 Å². The highest BCUT2D eigenvalue weighted by Gasteiger charge is 2.30. The van der Waals surface area contributed by atoms with Gasteiger partial charge in [-0.1, -0.05) is 25.1 Å². The van der Waals surface area contributed by atoms with Gasteiger partial charge >= 0.3 is 5.97 Å². The number of aromatic nitrogens is 2. The summed E-state index contributed by atoms with van der Waals surface area (Å²) in [7, 11) is 0. The van der Waals surface area contributed by atoms with Crippen LogP contribution in [0.5, 0.6) is 0 Å². The van der Waals surface area contributed by atoms with E-state index in [1.165, 1.54) is 0 Å². The summed E-state index contributed by atoms with van der Waals surface area (Å²) in [5, 5.41) is 5.29. The predicted molar refractivity (Wildman–Crippen MR) is 74.6 cm³/mol. The molecular weight excluding hydrogens is 256 g/mol. The second kappa shape index (κ2) is 5.25. The van der Waals surface area contributed by atoms with Crippen LogP contribution in [0.2, 0.25) is 0 Å². The number of ether oxygens (including phenoxy) is 2. The van der Waals surface area contributed by atoms with E-state index in [0.717, 1.165) is 24.1 Å². The van der Waals surface area contributed by atoms with Gasteiger partial charge < -0.3 is 9.47 Å². The van der Waals surface area contributed by atoms with E-state index in [9.17, 15) is 4.79 Å². The normalized spacial score (nSPS) is 19.0. The average Bonchev–Trinajstić information content (AvgIpc) is 3.23. The molecule has 5 heteroatoms. The summed E-state index contributed by atoms with van der Waals surface area (Å²) in [6.07, 6.45) is 0.323. The zero-order valence-electron chi connectivity index (χ0n) is 11.7. The summed E-state index contributed by atoms with van der Waals surface area (Å²) in [6.45, 7) is 5.85. The van der Waals surface area contributed by atoms with Crippen molar-refractivity contribution in [3.05, 3.63) is 30.0 Å². The first-order valence-electron chi connectivity index (χ1n) is 6.95. The molecule has 2 heterocycles. The van der Waals surface area contributed by atoms with E-state index >= 15 is 0 Å². The van der Waals surface area contributed by atoms with Crippen LogP contribution in [-0.2, 0) is 16.0 Å². The molecule has 2 unspecified atom stereocenters. The molecule has 2 atom stereocenters. The Kier molecular flexibility index (Phi) is 3.44. The van der Waals surface area contributed by atoms with Crippen molar-refractivity contribution in [2.24, 2.45) is 5.92 Å². The number of fused-ring (bicyclic) bond motifs is 1. The molecule has 106 valence electrons. The SMILES string of the molecule is CCOC(=O)c1nn(CC(C)C2CO2)c2ccccc12. The molecule has 1 aliphatic heterocycles. The van der Waals surface area contributed by atoms with E-state index in [0.29, 0.717) is 24.3 Å². The third-order valence-corrected chi connectivity index (χ3v) is 3.58. The van der Waals surface area contributed by atoms with Crippen molar-refractivity contribution < 1.29 is 14.3 Å². The zero-order chi connectivity index (χ0) is 14.1. The quantitative estimate of drug-likeness (QED) is 0.620. The van der Waals surface area contributed by atoms with Crippen LogP contribution in [0.15, 0.2) is 24.3 Å². The number of hydrogen-bond donors (Lipinski definition) is 0. The smallest absolute Gasteiger partial charge is 0.359 e. The Balaban J connectivity index is 1.97. The van der Waals surface area contributed by atoms with Gasteiger partial charge in [0.2, 0.25) is 0 Å². The summed E-state index contributed by atoms with van der Waals surface area (Å²) in [6, 6.07) is 7.74. The lowest BCUT2D eigenvalue weighted by molar-refractivity contribution is 0.0520. The molecule has 0 N–H and O–H groups in total. The van der Waals surface area contributed by atoms with E-state index in [1.807, 2.05) is 28.9 Å². The molecule has 1 aromatic carbocycles. The molecule has 0 aliphatic carbocycles. The molecule has 1 fully saturated rings. The van der Waals surface area contributed by atoms with Gasteiger partial charge in [-0.25, -0.2) is 4.79 Å². The van der Waals surface area contributed by atoms with Crippen molar-refractivity contribution in [2.45, 2.75) is 26.5 Å². The molecule has 5 nitrogen and oxygen atoms in total. The fourth-order valence-corrected chi connectivity index (χ4v) is 2.39. The molecule has 1 aromatic heterocycles. The first-order chi connectivity index (χ1) is 9.70. The number of epoxide rings is 1. The number of carbonyl (C=O) groups excluding carboxylic acids is 1. The van der Waals surface area contributed by atoms with Gasteiger partial charge in [0.25, 0.3) is 0 Å². The lowest BCUT2D eigenvalue weighted by Gasteiger charge is -2.09. The second-order valence-corrected chi connectivity index (χ2v) is 5.12. The largest absolute Gasteiger partial charge is 0.461 e. The number of para-hydroxylation sites is 1. The molecular formula is C15H18N2O3. The number of hydrogen-bond acceptors (Lipinski definition) is 4. The number of benzene rings is 1. The molecule has 3 rings (SSSR count). The van der Waals surface area contributed by atoms with E-state index in [2.05, 4.69) is 12.0 Å². The summed E-state index contributed by atoms with van der Waals surface area (Å²) in [5.74, 6) is 0.0196. The van der Waals surface area contributed by atoms with Crippen LogP contribution in [0.1, 0.15) is 24.3 Å². The third kappa shape index (κ3) is 2.41. The second-order valence-electron chi connectivity index (χ2n) is 5.12. The van der Waals surface area contributed by atoms with Gasteiger partial charge in [-0.15, -0.1) is 0 Å². The summed E-state index contributed by atoms with van der Waals surface area (Å²) in [5.41, 5.74) is 1.36. The highest BCUT2D eigenvalue weighted by Crippen LogP contribution is 2.25. The Morgan fingerprint density at radius 1 is 1.55 bits per heavy atom. The van der Waals surface area contributed by atoms with Crippen LogP contribution in [0.25, 0.3) is 10.9 Å². The predicted octanol–water partition coefficient (Wildman–Crippen LogP) is 2.25. The van der Waals surface area contributed by atoms with Gasteiger partial charge in [0.1, 0.15) is 0 Å². The Labute approximate surface area is 117 Å². The molecule has 0 saturated carbocycles. The lowest BCUT2D eigenvalue weighted by Crippen LogP contribution is -2.15. The van der Waals surface area contributed by atoms with E-state index in [1.54, 1.807) is 6.92 Å². The molecule has 1 aliphatic rings. The Morgan fingerprint density at radius 2 is 2.30 bits per heavy atom. The number of rotatable bonds is 5. The standard InChI is InChI=1S/C15H18N2O3/c1-3-19-15(18)14-11-6-4-5-7-12(11)17(16-14)8-10(2)13-9-20-13/h4-7,10,13H,3,8-9H2,1-2H3. The van der Waals surface area contributed by atoms with Gasteiger partial charge in [0.15, 0.2) is 5.69 Å². The van der Waals surface area contributed by atoms with Crippen LogP contribution in [0, 0.1) is 5.92 Å². The van der Waals surface area contributed by atoms with Crippen molar-refractivity contribution in [1.29, 1.82) is 0 Å². The van der Waals surface area contributed by atoms with Crippen molar-refractivity contribution in [3.63, 3.8) is 0 Å². The maximum Gasteiger partial charge on any atom is 0.359 e. The van der Waals surface area contributed by atoms with Crippen LogP contribution < -0.4 is 0 Å². The van der Waals surface area contributed by atoms with Gasteiger partial charge in [0, 0.05) is 17.8 Å². The Hall–Kier alpha value is -1.88. The highest BCUT2D eigenvalue weighted by atomic mass is 16.6. The Bertz CT molecular complexity index is 631. The fourth-order valence-electron chi connectivity index (χ4n) is 2.39. The summed E-state index contributed by atoms with van der Waals surface area (Å²) >= 11 is 0. The van der Waals surface area contributed by atoms with Crippen LogP contribution >= 0.6 is 0 Å². The van der Waals surface area contributed by atoms with Gasteiger partial charge in [-0.2, -0.15) is 5.10 Å². The third-order valence-electron chi connectivity index (χ3n) is 3.58.